The number of carbonyl (C=O) groups excluding carboxylic acids is 2. The lowest BCUT2D eigenvalue weighted by molar-refractivity contribution is -0.163. The summed E-state index contributed by atoms with van der Waals surface area (Å²) in [5.41, 5.74) is -4.17. The molecule has 1 unspecified atom stereocenters. The Bertz CT molecular complexity index is 1250. The van der Waals surface area contributed by atoms with E-state index in [-0.39, 0.29) is 37.1 Å². The number of anilines is 1. The summed E-state index contributed by atoms with van der Waals surface area (Å²) < 4.78 is 90.0. The number of amides is 2. The van der Waals surface area contributed by atoms with E-state index in [2.05, 4.69) is 10.6 Å². The third-order valence-electron chi connectivity index (χ3n) is 6.45. The standard InChI is InChI=1S/C27H27F6N3O3S/c28-26(29,30)23-17(8-10-22(37)36-12-14-39-15-13-36)7-9-21(24(23)27(31,32)33)40-19-5-3-4-18(16-19)35-25(38)20-6-1-2-11-34-20/h3-5,7-10,16,20,34H,1-2,6,11-15H2,(H,35,38). The lowest BCUT2D eigenvalue weighted by atomic mass is 9.99. The Morgan fingerprint density at radius 1 is 1.00 bits per heavy atom. The van der Waals surface area contributed by atoms with Crippen molar-refractivity contribution in [2.24, 2.45) is 0 Å². The summed E-state index contributed by atoms with van der Waals surface area (Å²) >= 11 is 0.504. The lowest BCUT2D eigenvalue weighted by Gasteiger charge is -2.25. The Hall–Kier alpha value is -3.03. The van der Waals surface area contributed by atoms with Crippen molar-refractivity contribution in [2.45, 2.75) is 47.4 Å². The van der Waals surface area contributed by atoms with Gasteiger partial charge in [-0.25, -0.2) is 0 Å². The number of carbonyl (C=O) groups is 2. The van der Waals surface area contributed by atoms with Gasteiger partial charge in [-0.15, -0.1) is 0 Å². The second-order valence-electron chi connectivity index (χ2n) is 9.29. The van der Waals surface area contributed by atoms with Crippen LogP contribution in [0.3, 0.4) is 0 Å². The molecule has 2 aliphatic rings. The largest absolute Gasteiger partial charge is 0.418 e. The van der Waals surface area contributed by atoms with Crippen LogP contribution in [0.1, 0.15) is 36.0 Å². The number of piperidine rings is 1. The molecular weight excluding hydrogens is 560 g/mol. The minimum Gasteiger partial charge on any atom is -0.378 e. The lowest BCUT2D eigenvalue weighted by Crippen LogP contribution is -2.43. The van der Waals surface area contributed by atoms with Crippen molar-refractivity contribution in [3.63, 3.8) is 0 Å². The first-order chi connectivity index (χ1) is 18.9. The van der Waals surface area contributed by atoms with Crippen LogP contribution in [0.25, 0.3) is 6.08 Å². The minimum atomic E-state index is -5.36. The molecule has 1 atom stereocenters. The fourth-order valence-electron chi connectivity index (χ4n) is 4.53. The minimum absolute atomic E-state index is 0.207. The van der Waals surface area contributed by atoms with Crippen LogP contribution in [0, 0.1) is 0 Å². The maximum Gasteiger partial charge on any atom is 0.418 e. The molecule has 40 heavy (non-hydrogen) atoms. The molecule has 0 spiro atoms. The quantitative estimate of drug-likeness (QED) is 0.329. The zero-order valence-corrected chi connectivity index (χ0v) is 22.0. The molecule has 0 aliphatic carbocycles. The first-order valence-electron chi connectivity index (χ1n) is 12.6. The van der Waals surface area contributed by atoms with E-state index in [1.165, 1.54) is 23.1 Å². The van der Waals surface area contributed by atoms with Gasteiger partial charge in [0.05, 0.1) is 30.4 Å². The molecule has 4 rings (SSSR count). The molecule has 2 aromatic carbocycles. The number of halogens is 6. The van der Waals surface area contributed by atoms with Crippen LogP contribution >= 0.6 is 11.8 Å². The predicted octanol–water partition coefficient (Wildman–Crippen LogP) is 5.83. The van der Waals surface area contributed by atoms with E-state index in [1.54, 1.807) is 6.07 Å². The maximum absolute atomic E-state index is 14.2. The molecule has 2 amide bonds. The van der Waals surface area contributed by atoms with Gasteiger partial charge in [0.1, 0.15) is 0 Å². The molecule has 2 heterocycles. The van der Waals surface area contributed by atoms with Crippen LogP contribution in [-0.4, -0.2) is 55.6 Å². The second kappa shape index (κ2) is 12.6. The molecule has 0 saturated carbocycles. The molecule has 13 heteroatoms. The van der Waals surface area contributed by atoms with Crippen molar-refractivity contribution in [1.29, 1.82) is 0 Å². The van der Waals surface area contributed by atoms with Gasteiger partial charge in [-0.3, -0.25) is 9.59 Å². The summed E-state index contributed by atoms with van der Waals surface area (Å²) in [5.74, 6) is -0.911. The van der Waals surface area contributed by atoms with E-state index in [1.807, 2.05) is 0 Å². The summed E-state index contributed by atoms with van der Waals surface area (Å²) in [7, 11) is 0. The molecule has 6 nitrogen and oxygen atoms in total. The highest BCUT2D eigenvalue weighted by Gasteiger charge is 2.46. The SMILES string of the molecule is O=C(Nc1cccc(Sc2ccc(C=CC(=O)N3CCOCC3)c(C(F)(F)F)c2C(F)(F)F)c1)C1CCCCN1. The highest BCUT2D eigenvalue weighted by Crippen LogP contribution is 2.48. The molecule has 2 saturated heterocycles. The van der Waals surface area contributed by atoms with Crippen molar-refractivity contribution in [3.8, 4) is 0 Å². The van der Waals surface area contributed by atoms with Crippen LogP contribution < -0.4 is 10.6 Å². The van der Waals surface area contributed by atoms with Gasteiger partial charge >= 0.3 is 12.4 Å². The van der Waals surface area contributed by atoms with Crippen molar-refractivity contribution in [1.82, 2.24) is 10.2 Å². The number of morpholine rings is 1. The molecule has 0 radical (unpaired) electrons. The van der Waals surface area contributed by atoms with Gasteiger partial charge in [-0.2, -0.15) is 26.3 Å². The van der Waals surface area contributed by atoms with Crippen LogP contribution in [0.4, 0.5) is 32.0 Å². The summed E-state index contributed by atoms with van der Waals surface area (Å²) in [5, 5.41) is 5.81. The van der Waals surface area contributed by atoms with E-state index >= 15 is 0 Å². The number of alkyl halides is 6. The van der Waals surface area contributed by atoms with Crippen LogP contribution in [0.5, 0.6) is 0 Å². The fourth-order valence-corrected chi connectivity index (χ4v) is 5.57. The topological polar surface area (TPSA) is 70.7 Å². The zero-order chi connectivity index (χ0) is 28.9. The van der Waals surface area contributed by atoms with E-state index in [9.17, 15) is 35.9 Å². The van der Waals surface area contributed by atoms with E-state index in [4.69, 9.17) is 4.74 Å². The molecule has 2 aromatic rings. The first kappa shape index (κ1) is 29.9. The normalized spacial score (nSPS) is 18.6. The monoisotopic (exact) mass is 587 g/mol. The Morgan fingerprint density at radius 3 is 2.38 bits per heavy atom. The molecule has 216 valence electrons. The number of rotatable bonds is 6. The van der Waals surface area contributed by atoms with E-state index < -0.39 is 45.9 Å². The van der Waals surface area contributed by atoms with Crippen molar-refractivity contribution in [2.75, 3.05) is 38.2 Å². The Balaban J connectivity index is 1.63. The van der Waals surface area contributed by atoms with Crippen LogP contribution in [0.2, 0.25) is 0 Å². The van der Waals surface area contributed by atoms with Crippen LogP contribution in [0.15, 0.2) is 52.3 Å². The molecule has 0 aromatic heterocycles. The Labute approximate surface area is 231 Å². The molecule has 2 fully saturated rings. The van der Waals surface area contributed by atoms with Crippen molar-refractivity contribution < 1.29 is 40.7 Å². The third-order valence-corrected chi connectivity index (χ3v) is 7.50. The van der Waals surface area contributed by atoms with E-state index in [0.717, 1.165) is 37.1 Å². The second-order valence-corrected chi connectivity index (χ2v) is 10.4. The third kappa shape index (κ3) is 7.58. The predicted molar refractivity (Wildman–Crippen MR) is 138 cm³/mol. The first-order valence-corrected chi connectivity index (χ1v) is 13.4. The highest BCUT2D eigenvalue weighted by atomic mass is 32.2. The fraction of sp³-hybridized carbons (Fsp3) is 0.407. The van der Waals surface area contributed by atoms with Gasteiger partial charge in [0, 0.05) is 34.6 Å². The van der Waals surface area contributed by atoms with Crippen molar-refractivity contribution >= 4 is 35.3 Å². The smallest absolute Gasteiger partial charge is 0.378 e. The van der Waals surface area contributed by atoms with Gasteiger partial charge in [0.15, 0.2) is 0 Å². The zero-order valence-electron chi connectivity index (χ0n) is 21.2. The van der Waals surface area contributed by atoms with Crippen LogP contribution in [-0.2, 0) is 26.7 Å². The summed E-state index contributed by atoms with van der Waals surface area (Å²) in [6, 6.07) is 7.39. The number of hydrogen-bond donors (Lipinski definition) is 2. The Morgan fingerprint density at radius 2 is 1.73 bits per heavy atom. The molecule has 2 N–H and O–H groups in total. The van der Waals surface area contributed by atoms with Crippen molar-refractivity contribution in [3.05, 3.63) is 59.2 Å². The molecule has 0 bridgehead atoms. The van der Waals surface area contributed by atoms with Gasteiger partial charge in [0.2, 0.25) is 11.8 Å². The summed E-state index contributed by atoms with van der Waals surface area (Å²) in [4.78, 5) is 25.8. The number of nitrogens with one attached hydrogen (secondary N) is 2. The average molecular weight is 588 g/mol. The molecular formula is C27H27F6N3O3S. The van der Waals surface area contributed by atoms with Gasteiger partial charge < -0.3 is 20.3 Å². The number of nitrogens with zero attached hydrogens (tertiary/aromatic N) is 1. The van der Waals surface area contributed by atoms with E-state index in [0.29, 0.717) is 30.4 Å². The molecule has 2 aliphatic heterocycles. The number of benzene rings is 2. The maximum atomic E-state index is 14.2. The van der Waals surface area contributed by atoms with Gasteiger partial charge in [0.25, 0.3) is 0 Å². The Kier molecular flexibility index (Phi) is 9.47. The summed E-state index contributed by atoms with van der Waals surface area (Å²) in [6.45, 7) is 1.69. The summed E-state index contributed by atoms with van der Waals surface area (Å²) in [6.07, 6.45) is -6.61. The number of ether oxygens (including phenoxy) is 1. The van der Waals surface area contributed by atoms with Gasteiger partial charge in [-0.1, -0.05) is 30.3 Å². The van der Waals surface area contributed by atoms with Gasteiger partial charge in [-0.05, 0) is 55.3 Å². The average Bonchev–Trinajstić information content (AvgIpc) is 2.92. The highest BCUT2D eigenvalue weighted by molar-refractivity contribution is 7.99. The number of hydrogen-bond acceptors (Lipinski definition) is 5.